The zero-order valence-electron chi connectivity index (χ0n) is 16.3. The van der Waals surface area contributed by atoms with Gasteiger partial charge in [0.2, 0.25) is 0 Å². The lowest BCUT2D eigenvalue weighted by atomic mass is 10.1. The van der Waals surface area contributed by atoms with Crippen molar-refractivity contribution in [3.8, 4) is 17.1 Å². The molecule has 0 atom stereocenters. The third kappa shape index (κ3) is 4.82. The summed E-state index contributed by atoms with van der Waals surface area (Å²) in [6.45, 7) is 0. The van der Waals surface area contributed by atoms with E-state index in [1.807, 2.05) is 0 Å². The Bertz CT molecular complexity index is 1140. The van der Waals surface area contributed by atoms with Crippen molar-refractivity contribution in [1.82, 2.24) is 9.55 Å². The fraction of sp³-hybridized carbons (Fsp3) is 0.150. The Balaban J connectivity index is 1.74. The number of methoxy groups -OCH3 is 1. The van der Waals surface area contributed by atoms with Crippen LogP contribution in [-0.4, -0.2) is 28.5 Å². The van der Waals surface area contributed by atoms with Gasteiger partial charge in [0.05, 0.1) is 12.7 Å². The molecule has 2 aromatic carbocycles. The molecular formula is C20H16F4N4O3. The highest BCUT2D eigenvalue weighted by molar-refractivity contribution is 5.98. The number of benzene rings is 2. The van der Waals surface area contributed by atoms with Crippen LogP contribution in [-0.2, 0) is 18.1 Å². The summed E-state index contributed by atoms with van der Waals surface area (Å²) in [5.74, 6) is -1.77. The lowest BCUT2D eigenvalue weighted by molar-refractivity contribution is -0.140. The number of alkyl halides is 3. The molecule has 1 aromatic heterocycles. The number of imidazole rings is 1. The Morgan fingerprint density at radius 3 is 2.39 bits per heavy atom. The first kappa shape index (κ1) is 21.8. The Morgan fingerprint density at radius 2 is 1.84 bits per heavy atom. The van der Waals surface area contributed by atoms with Crippen LogP contribution in [0.3, 0.4) is 0 Å². The summed E-state index contributed by atoms with van der Waals surface area (Å²) in [7, 11) is 2.80. The van der Waals surface area contributed by atoms with E-state index in [4.69, 9.17) is 10.5 Å². The Morgan fingerprint density at radius 1 is 1.16 bits per heavy atom. The molecule has 0 unspecified atom stereocenters. The van der Waals surface area contributed by atoms with Crippen molar-refractivity contribution in [3.63, 3.8) is 0 Å². The summed E-state index contributed by atoms with van der Waals surface area (Å²) in [4.78, 5) is 20.3. The summed E-state index contributed by atoms with van der Waals surface area (Å²) in [5.41, 5.74) is 5.15. The molecule has 31 heavy (non-hydrogen) atoms. The molecule has 0 saturated heterocycles. The van der Waals surface area contributed by atoms with Gasteiger partial charge < -0.3 is 19.9 Å². The summed E-state index contributed by atoms with van der Waals surface area (Å²) in [6, 6.07) is 9.50. The highest BCUT2D eigenvalue weighted by Gasteiger charge is 2.34. The molecule has 3 rings (SSSR count). The molecule has 7 nitrogen and oxygen atoms in total. The number of oxime groups is 1. The Kier molecular flexibility index (Phi) is 5.95. The van der Waals surface area contributed by atoms with Gasteiger partial charge in [-0.3, -0.25) is 0 Å². The van der Waals surface area contributed by atoms with Gasteiger partial charge in [-0.05, 0) is 12.1 Å². The van der Waals surface area contributed by atoms with E-state index >= 15 is 0 Å². The van der Waals surface area contributed by atoms with Crippen LogP contribution in [0.25, 0.3) is 11.4 Å². The first-order valence-electron chi connectivity index (χ1n) is 8.70. The average Bonchev–Trinajstić information content (AvgIpc) is 3.14. The van der Waals surface area contributed by atoms with Gasteiger partial charge in [-0.1, -0.05) is 29.4 Å². The third-order valence-electron chi connectivity index (χ3n) is 4.23. The molecule has 0 aliphatic heterocycles. The second-order valence-corrected chi connectivity index (χ2v) is 6.34. The third-order valence-corrected chi connectivity index (χ3v) is 4.23. The number of halogens is 4. The van der Waals surface area contributed by atoms with Crippen molar-refractivity contribution in [1.29, 1.82) is 0 Å². The number of aryl methyl sites for hydroxylation is 1. The number of nitrogens with two attached hydrogens (primary N) is 1. The molecule has 11 heteroatoms. The maximum Gasteiger partial charge on any atom is 0.434 e. The maximum absolute atomic E-state index is 13.9. The zero-order chi connectivity index (χ0) is 22.8. The molecule has 1 heterocycles. The lowest BCUT2D eigenvalue weighted by Gasteiger charge is -2.05. The minimum absolute atomic E-state index is 0.107. The Labute approximate surface area is 173 Å². The smallest absolute Gasteiger partial charge is 0.434 e. The average molecular weight is 436 g/mol. The molecule has 0 radical (unpaired) electrons. The molecule has 0 aliphatic rings. The second kappa shape index (κ2) is 8.46. The fourth-order valence-corrected chi connectivity index (χ4v) is 2.64. The fourth-order valence-electron chi connectivity index (χ4n) is 2.64. The topological polar surface area (TPSA) is 91.7 Å². The van der Waals surface area contributed by atoms with Crippen LogP contribution in [0.4, 0.5) is 17.6 Å². The summed E-state index contributed by atoms with van der Waals surface area (Å²) in [6.07, 6.45) is -3.67. The van der Waals surface area contributed by atoms with E-state index in [-0.39, 0.29) is 23.0 Å². The molecule has 0 bridgehead atoms. The van der Waals surface area contributed by atoms with Gasteiger partial charge in [0, 0.05) is 30.4 Å². The van der Waals surface area contributed by atoms with E-state index in [2.05, 4.69) is 15.0 Å². The number of carbonyl (C=O) groups is 1. The van der Waals surface area contributed by atoms with Crippen LogP contribution in [0, 0.1) is 5.82 Å². The quantitative estimate of drug-likeness (QED) is 0.216. The van der Waals surface area contributed by atoms with E-state index in [1.54, 1.807) is 0 Å². The van der Waals surface area contributed by atoms with Crippen LogP contribution >= 0.6 is 0 Å². The standard InChI is InChI=1S/C20H16F4N4O3/c1-28-10-16(20(22,23)24)26-18(28)12-5-3-11(4-6-12)17(25)27-31-19(29)14-8-7-13(30-2)9-15(14)21/h3-10H,1-2H3,(H2,25,27). The minimum atomic E-state index is -4.56. The van der Waals surface area contributed by atoms with E-state index < -0.39 is 23.7 Å². The number of hydrogen-bond donors (Lipinski definition) is 1. The van der Waals surface area contributed by atoms with Crippen molar-refractivity contribution in [2.24, 2.45) is 17.9 Å². The Hall–Kier alpha value is -3.89. The summed E-state index contributed by atoms with van der Waals surface area (Å²) in [5, 5.41) is 3.49. The minimum Gasteiger partial charge on any atom is -0.497 e. The molecule has 3 aromatic rings. The normalized spacial score (nSPS) is 12.0. The van der Waals surface area contributed by atoms with Gasteiger partial charge in [0.15, 0.2) is 11.5 Å². The number of nitrogens with zero attached hydrogens (tertiary/aromatic N) is 3. The number of ether oxygens (including phenoxy) is 1. The molecule has 162 valence electrons. The largest absolute Gasteiger partial charge is 0.497 e. The summed E-state index contributed by atoms with van der Waals surface area (Å²) < 4.78 is 58.5. The van der Waals surface area contributed by atoms with Crippen molar-refractivity contribution < 1.29 is 31.9 Å². The van der Waals surface area contributed by atoms with Crippen LogP contribution < -0.4 is 10.5 Å². The molecule has 0 aliphatic carbocycles. The van der Waals surface area contributed by atoms with Gasteiger partial charge in [-0.25, -0.2) is 14.2 Å². The van der Waals surface area contributed by atoms with Crippen LogP contribution in [0.2, 0.25) is 0 Å². The lowest BCUT2D eigenvalue weighted by Crippen LogP contribution is -2.15. The zero-order valence-corrected chi connectivity index (χ0v) is 16.3. The van der Waals surface area contributed by atoms with Gasteiger partial charge in [0.25, 0.3) is 0 Å². The first-order valence-corrected chi connectivity index (χ1v) is 8.70. The van der Waals surface area contributed by atoms with Crippen molar-refractivity contribution in [2.75, 3.05) is 7.11 Å². The van der Waals surface area contributed by atoms with Crippen molar-refractivity contribution >= 4 is 11.8 Å². The predicted octanol–water partition coefficient (Wildman–Crippen LogP) is 3.73. The number of rotatable bonds is 5. The van der Waals surface area contributed by atoms with Crippen molar-refractivity contribution in [3.05, 3.63) is 71.3 Å². The number of aromatic nitrogens is 2. The molecule has 2 N–H and O–H groups in total. The maximum atomic E-state index is 13.9. The van der Waals surface area contributed by atoms with Crippen LogP contribution in [0.1, 0.15) is 21.6 Å². The molecular weight excluding hydrogens is 420 g/mol. The first-order chi connectivity index (χ1) is 14.6. The molecule has 0 amide bonds. The molecule has 0 spiro atoms. The van der Waals surface area contributed by atoms with E-state index in [0.29, 0.717) is 11.1 Å². The van der Waals surface area contributed by atoms with E-state index in [9.17, 15) is 22.4 Å². The van der Waals surface area contributed by atoms with Gasteiger partial charge in [0.1, 0.15) is 17.4 Å². The van der Waals surface area contributed by atoms with Crippen LogP contribution in [0.15, 0.2) is 53.8 Å². The van der Waals surface area contributed by atoms with Gasteiger partial charge in [-0.2, -0.15) is 13.2 Å². The van der Waals surface area contributed by atoms with Crippen molar-refractivity contribution in [2.45, 2.75) is 6.18 Å². The number of carbonyl (C=O) groups excluding carboxylic acids is 1. The second-order valence-electron chi connectivity index (χ2n) is 6.34. The highest BCUT2D eigenvalue weighted by Crippen LogP contribution is 2.30. The van der Waals surface area contributed by atoms with Gasteiger partial charge >= 0.3 is 12.1 Å². The van der Waals surface area contributed by atoms with Crippen LogP contribution in [0.5, 0.6) is 5.75 Å². The highest BCUT2D eigenvalue weighted by atomic mass is 19.4. The number of amidine groups is 1. The van der Waals surface area contributed by atoms with E-state index in [1.165, 1.54) is 55.1 Å². The monoisotopic (exact) mass is 436 g/mol. The molecule has 0 fully saturated rings. The van der Waals surface area contributed by atoms with E-state index in [0.717, 1.165) is 12.3 Å². The number of hydrogen-bond acceptors (Lipinski definition) is 5. The summed E-state index contributed by atoms with van der Waals surface area (Å²) >= 11 is 0. The van der Waals surface area contributed by atoms with Gasteiger partial charge in [-0.15, -0.1) is 0 Å². The SMILES string of the molecule is COc1ccc(C(=O)ON=C(N)c2ccc(-c3nc(C(F)(F)F)cn3C)cc2)c(F)c1. The molecule has 0 saturated carbocycles. The predicted molar refractivity (Wildman–Crippen MR) is 103 cm³/mol.